The largest absolute Gasteiger partial charge is 0.388 e. The van der Waals surface area contributed by atoms with Crippen LogP contribution < -0.4 is 26.6 Å². The number of rotatable bonds is 5. The summed E-state index contributed by atoms with van der Waals surface area (Å²) in [6.45, 7) is 0. The topological polar surface area (TPSA) is 60.1 Å². The summed E-state index contributed by atoms with van der Waals surface area (Å²) in [5.74, 6) is 6.41. The molecule has 1 rings (SSSR count). The highest BCUT2D eigenvalue weighted by Crippen LogP contribution is 2.13. The summed E-state index contributed by atoms with van der Waals surface area (Å²) < 4.78 is 0. The molecule has 1 aliphatic carbocycles. The summed E-state index contributed by atoms with van der Waals surface area (Å²) in [5.41, 5.74) is 2.02. The van der Waals surface area contributed by atoms with Crippen LogP contribution in [0.3, 0.4) is 0 Å². The highest BCUT2D eigenvalue weighted by atomic mass is 15.1. The normalized spacial score (nSPS) is 28.2. The molecular formula is C12H23N5. The zero-order chi connectivity index (χ0) is 12.8. The summed E-state index contributed by atoms with van der Waals surface area (Å²) in [6.07, 6.45) is 0. The number of hydrogen-bond donors (Lipinski definition) is 5. The van der Waals surface area contributed by atoms with Crippen LogP contribution in [0.2, 0.25) is 0 Å². The van der Waals surface area contributed by atoms with Gasteiger partial charge in [0, 0.05) is 14.1 Å². The Morgan fingerprint density at radius 2 is 1.59 bits per heavy atom. The summed E-state index contributed by atoms with van der Waals surface area (Å²) in [4.78, 5) is 0. The van der Waals surface area contributed by atoms with Gasteiger partial charge in [-0.25, -0.2) is 0 Å². The maximum absolute atomic E-state index is 3.33. The Morgan fingerprint density at radius 1 is 0.882 bits per heavy atom. The molecule has 3 unspecified atom stereocenters. The second-order valence-electron chi connectivity index (χ2n) is 3.91. The van der Waals surface area contributed by atoms with Gasteiger partial charge in [0.2, 0.25) is 0 Å². The maximum atomic E-state index is 3.33. The fourth-order valence-corrected chi connectivity index (χ4v) is 2.22. The fraction of sp³-hybridized carbons (Fsp3) is 0.667. The Labute approximate surface area is 104 Å². The first-order chi connectivity index (χ1) is 8.23. The second kappa shape index (κ2) is 6.50. The van der Waals surface area contributed by atoms with E-state index in [1.54, 1.807) is 0 Å². The van der Waals surface area contributed by atoms with Crippen LogP contribution in [-0.4, -0.2) is 53.4 Å². The van der Waals surface area contributed by atoms with E-state index >= 15 is 0 Å². The van der Waals surface area contributed by atoms with Crippen LogP contribution in [0.25, 0.3) is 0 Å². The van der Waals surface area contributed by atoms with Gasteiger partial charge < -0.3 is 26.6 Å². The lowest BCUT2D eigenvalue weighted by molar-refractivity contribution is 0.385. The van der Waals surface area contributed by atoms with E-state index in [4.69, 9.17) is 0 Å². The van der Waals surface area contributed by atoms with E-state index in [-0.39, 0.29) is 18.1 Å². The molecule has 5 N–H and O–H groups in total. The van der Waals surface area contributed by atoms with Crippen LogP contribution >= 0.6 is 0 Å². The summed E-state index contributed by atoms with van der Waals surface area (Å²) in [7, 11) is 9.66. The van der Waals surface area contributed by atoms with Gasteiger partial charge in [0.1, 0.15) is 5.70 Å². The number of nitrogens with one attached hydrogen (secondary N) is 5. The molecule has 17 heavy (non-hydrogen) atoms. The predicted molar refractivity (Wildman–Crippen MR) is 71.5 cm³/mol. The Morgan fingerprint density at radius 3 is 2.00 bits per heavy atom. The van der Waals surface area contributed by atoms with E-state index in [1.807, 2.05) is 35.2 Å². The maximum Gasteiger partial charge on any atom is 0.106 e. The van der Waals surface area contributed by atoms with E-state index in [2.05, 4.69) is 38.4 Å². The average molecular weight is 237 g/mol. The van der Waals surface area contributed by atoms with E-state index < -0.39 is 0 Å². The molecule has 0 fully saturated rings. The molecule has 0 bridgehead atoms. The molecule has 5 nitrogen and oxygen atoms in total. The van der Waals surface area contributed by atoms with Crippen molar-refractivity contribution in [2.75, 3.05) is 35.2 Å². The van der Waals surface area contributed by atoms with Gasteiger partial charge in [-0.2, -0.15) is 0 Å². The van der Waals surface area contributed by atoms with Crippen molar-refractivity contribution < 1.29 is 0 Å². The Kier molecular flexibility index (Phi) is 5.29. The van der Waals surface area contributed by atoms with Crippen molar-refractivity contribution in [3.05, 3.63) is 11.4 Å². The van der Waals surface area contributed by atoms with Gasteiger partial charge >= 0.3 is 0 Å². The summed E-state index contributed by atoms with van der Waals surface area (Å²) in [6, 6.07) is 0.463. The van der Waals surface area contributed by atoms with Crippen LogP contribution in [0, 0.1) is 11.8 Å². The van der Waals surface area contributed by atoms with E-state index in [1.165, 1.54) is 0 Å². The van der Waals surface area contributed by atoms with Crippen molar-refractivity contribution in [2.45, 2.75) is 18.1 Å². The fourth-order valence-electron chi connectivity index (χ4n) is 2.22. The van der Waals surface area contributed by atoms with Crippen LogP contribution in [0.1, 0.15) is 0 Å². The molecule has 1 aliphatic rings. The summed E-state index contributed by atoms with van der Waals surface area (Å²) >= 11 is 0. The van der Waals surface area contributed by atoms with E-state index in [0.717, 1.165) is 11.4 Å². The van der Waals surface area contributed by atoms with Crippen molar-refractivity contribution in [1.29, 1.82) is 0 Å². The lowest BCUT2D eigenvalue weighted by Crippen LogP contribution is -2.57. The number of hydrogen-bond acceptors (Lipinski definition) is 5. The molecule has 0 heterocycles. The highest BCUT2D eigenvalue weighted by molar-refractivity contribution is 5.40. The minimum absolute atomic E-state index is 0.103. The van der Waals surface area contributed by atoms with Gasteiger partial charge in [-0.3, -0.25) is 0 Å². The zero-order valence-electron chi connectivity index (χ0n) is 11.2. The van der Waals surface area contributed by atoms with Crippen molar-refractivity contribution in [3.8, 4) is 11.8 Å². The molecule has 0 aliphatic heterocycles. The molecule has 0 spiro atoms. The highest BCUT2D eigenvalue weighted by Gasteiger charge is 2.31. The van der Waals surface area contributed by atoms with E-state index in [0.29, 0.717) is 0 Å². The minimum atomic E-state index is 0.103. The van der Waals surface area contributed by atoms with Crippen LogP contribution in [0.15, 0.2) is 11.4 Å². The van der Waals surface area contributed by atoms with Crippen LogP contribution in [0.5, 0.6) is 0 Å². The first-order valence-corrected chi connectivity index (χ1v) is 5.86. The third-order valence-corrected chi connectivity index (χ3v) is 3.13. The molecule has 0 aromatic heterocycles. The van der Waals surface area contributed by atoms with Crippen LogP contribution in [0.4, 0.5) is 0 Å². The molecule has 5 heteroatoms. The molecule has 0 radical (unpaired) electrons. The average Bonchev–Trinajstić information content (AvgIpc) is 2.52. The molecule has 96 valence electrons. The van der Waals surface area contributed by atoms with E-state index in [9.17, 15) is 0 Å². The Hall–Kier alpha value is -1.22. The molecule has 0 amide bonds. The van der Waals surface area contributed by atoms with Crippen molar-refractivity contribution in [3.63, 3.8) is 0 Å². The lowest BCUT2D eigenvalue weighted by Gasteiger charge is -2.31. The Bertz CT molecular complexity index is 339. The molecule has 0 aromatic carbocycles. The molecule has 0 saturated heterocycles. The first kappa shape index (κ1) is 13.8. The van der Waals surface area contributed by atoms with Gasteiger partial charge in [-0.05, 0) is 27.1 Å². The SMILES string of the molecule is CNC1=C(NC)C(NC)C(NC)C(NC)C#C1. The van der Waals surface area contributed by atoms with Gasteiger partial charge in [0.25, 0.3) is 0 Å². The summed E-state index contributed by atoms with van der Waals surface area (Å²) in [5, 5.41) is 16.3. The molecule has 0 saturated carbocycles. The quantitative estimate of drug-likeness (QED) is 0.374. The van der Waals surface area contributed by atoms with Crippen LogP contribution in [-0.2, 0) is 0 Å². The third-order valence-electron chi connectivity index (χ3n) is 3.13. The molecular weight excluding hydrogens is 214 g/mol. The standard InChI is InChI=1S/C12H23N5/c1-13-8-6-7-9(14-2)11(16-4)12(17-5)10(8)15-3/h8,10,12-17H,1-5H3. The smallest absolute Gasteiger partial charge is 0.106 e. The zero-order valence-corrected chi connectivity index (χ0v) is 11.2. The van der Waals surface area contributed by atoms with Gasteiger partial charge in [0.05, 0.1) is 23.8 Å². The first-order valence-electron chi connectivity index (χ1n) is 5.86. The third kappa shape index (κ3) is 2.72. The van der Waals surface area contributed by atoms with Gasteiger partial charge in [-0.1, -0.05) is 5.92 Å². The lowest BCUT2D eigenvalue weighted by atomic mass is 9.98. The van der Waals surface area contributed by atoms with Crippen molar-refractivity contribution in [2.24, 2.45) is 0 Å². The minimum Gasteiger partial charge on any atom is -0.388 e. The number of allylic oxidation sites excluding steroid dienone is 1. The van der Waals surface area contributed by atoms with Gasteiger partial charge in [0.15, 0.2) is 0 Å². The van der Waals surface area contributed by atoms with Gasteiger partial charge in [-0.15, -0.1) is 0 Å². The molecule has 3 atom stereocenters. The Balaban J connectivity index is 3.19. The monoisotopic (exact) mass is 237 g/mol. The van der Waals surface area contributed by atoms with Crippen molar-refractivity contribution in [1.82, 2.24) is 26.6 Å². The van der Waals surface area contributed by atoms with Crippen molar-refractivity contribution >= 4 is 0 Å². The predicted octanol–water partition coefficient (Wildman–Crippen LogP) is -1.58. The second-order valence-corrected chi connectivity index (χ2v) is 3.91. The number of likely N-dealkylation sites (N-methyl/N-ethyl adjacent to an activating group) is 4. The molecule has 0 aromatic rings.